The van der Waals surface area contributed by atoms with E-state index in [2.05, 4.69) is 0 Å². The van der Waals surface area contributed by atoms with Crippen molar-refractivity contribution in [2.45, 2.75) is 32.4 Å². The van der Waals surface area contributed by atoms with Gasteiger partial charge in [0, 0.05) is 18.0 Å². The number of carboxylic acid groups (broad SMARTS) is 1. The first-order valence-electron chi connectivity index (χ1n) is 6.22. The lowest BCUT2D eigenvalue weighted by molar-refractivity contribution is -0.144. The van der Waals surface area contributed by atoms with E-state index in [0.717, 1.165) is 16.9 Å². The van der Waals surface area contributed by atoms with Crippen LogP contribution in [-0.2, 0) is 11.2 Å². The molecule has 0 spiro atoms. The van der Waals surface area contributed by atoms with Gasteiger partial charge in [0.25, 0.3) is 0 Å². The van der Waals surface area contributed by atoms with Crippen molar-refractivity contribution >= 4 is 17.3 Å². The van der Waals surface area contributed by atoms with Crippen LogP contribution < -0.4 is 0 Å². The molecule has 1 aliphatic rings. The summed E-state index contributed by atoms with van der Waals surface area (Å²) in [4.78, 5) is 14.5. The average Bonchev–Trinajstić information content (AvgIpc) is 2.75. The zero-order chi connectivity index (χ0) is 13.3. The van der Waals surface area contributed by atoms with Gasteiger partial charge >= 0.3 is 5.97 Å². The van der Waals surface area contributed by atoms with E-state index < -0.39 is 18.1 Å². The number of nitrogens with zero attached hydrogens (tertiary/aromatic N) is 1. The van der Waals surface area contributed by atoms with Crippen molar-refractivity contribution in [1.82, 2.24) is 4.90 Å². The van der Waals surface area contributed by atoms with Crippen LogP contribution in [0.4, 0.5) is 0 Å². The molecule has 0 saturated heterocycles. The number of aliphatic hydroxyl groups excluding tert-OH is 1. The molecule has 1 aliphatic heterocycles. The van der Waals surface area contributed by atoms with E-state index in [4.69, 9.17) is 0 Å². The van der Waals surface area contributed by atoms with Gasteiger partial charge in [-0.2, -0.15) is 0 Å². The van der Waals surface area contributed by atoms with Crippen LogP contribution in [0.15, 0.2) is 11.4 Å². The lowest BCUT2D eigenvalue weighted by Gasteiger charge is -2.35. The predicted octanol–water partition coefficient (Wildman–Crippen LogP) is 1.75. The number of β-amino-alcohol motifs (C(OH)–C–C–N with tert-alkyl or cyclic N) is 1. The fourth-order valence-electron chi connectivity index (χ4n) is 2.31. The largest absolute Gasteiger partial charge is 0.480 e. The Labute approximate surface area is 111 Å². The van der Waals surface area contributed by atoms with Gasteiger partial charge < -0.3 is 10.2 Å². The molecule has 2 heterocycles. The topological polar surface area (TPSA) is 60.8 Å². The monoisotopic (exact) mass is 269 g/mol. The fraction of sp³-hybridized carbons (Fsp3) is 0.615. The lowest BCUT2D eigenvalue weighted by Crippen LogP contribution is -2.44. The molecular formula is C13H19NO3S. The van der Waals surface area contributed by atoms with E-state index in [-0.39, 0.29) is 5.92 Å². The van der Waals surface area contributed by atoms with Crippen molar-refractivity contribution in [1.29, 1.82) is 0 Å². The smallest absolute Gasteiger partial charge is 0.325 e. The molecule has 0 radical (unpaired) electrons. The molecule has 1 aromatic rings. The number of hydrogen-bond acceptors (Lipinski definition) is 4. The standard InChI is InChI=1S/C13H19NO3S/c1-8(2)10(15)7-14-5-3-11-9(4-6-18-11)12(14)13(16)17/h4,6,8,10,12,15H,3,5,7H2,1-2H3,(H,16,17). The van der Waals surface area contributed by atoms with Gasteiger partial charge in [-0.15, -0.1) is 11.3 Å². The predicted molar refractivity (Wildman–Crippen MR) is 70.8 cm³/mol. The molecule has 100 valence electrons. The molecule has 0 fully saturated rings. The Hall–Kier alpha value is -0.910. The number of rotatable bonds is 4. The van der Waals surface area contributed by atoms with Gasteiger partial charge in [0.05, 0.1) is 6.10 Å². The summed E-state index contributed by atoms with van der Waals surface area (Å²) in [6.45, 7) is 5.01. The summed E-state index contributed by atoms with van der Waals surface area (Å²) in [5.41, 5.74) is 0.898. The molecule has 0 aromatic carbocycles. The van der Waals surface area contributed by atoms with Crippen LogP contribution in [0.1, 0.15) is 30.3 Å². The van der Waals surface area contributed by atoms with E-state index in [1.54, 1.807) is 11.3 Å². The SMILES string of the molecule is CC(C)C(O)CN1CCc2sccc2C1C(=O)O. The Kier molecular flexibility index (Phi) is 4.04. The van der Waals surface area contributed by atoms with Gasteiger partial charge in [0.15, 0.2) is 0 Å². The van der Waals surface area contributed by atoms with E-state index in [1.807, 2.05) is 30.2 Å². The van der Waals surface area contributed by atoms with Gasteiger partial charge in [0.1, 0.15) is 6.04 Å². The fourth-order valence-corrected chi connectivity index (χ4v) is 3.21. The minimum Gasteiger partial charge on any atom is -0.480 e. The second kappa shape index (κ2) is 5.38. The third-order valence-electron chi connectivity index (χ3n) is 3.49. The molecule has 0 aliphatic carbocycles. The molecule has 0 saturated carbocycles. The van der Waals surface area contributed by atoms with Gasteiger partial charge in [-0.25, -0.2) is 0 Å². The highest BCUT2D eigenvalue weighted by molar-refractivity contribution is 7.10. The van der Waals surface area contributed by atoms with Gasteiger partial charge in [-0.1, -0.05) is 13.8 Å². The zero-order valence-electron chi connectivity index (χ0n) is 10.7. The van der Waals surface area contributed by atoms with E-state index in [9.17, 15) is 15.0 Å². The maximum atomic E-state index is 11.5. The second-order valence-electron chi connectivity index (χ2n) is 5.10. The Morgan fingerprint density at radius 2 is 2.33 bits per heavy atom. The molecule has 2 atom stereocenters. The zero-order valence-corrected chi connectivity index (χ0v) is 11.5. The van der Waals surface area contributed by atoms with E-state index >= 15 is 0 Å². The van der Waals surface area contributed by atoms with E-state index in [0.29, 0.717) is 13.1 Å². The minimum absolute atomic E-state index is 0.142. The quantitative estimate of drug-likeness (QED) is 0.874. The lowest BCUT2D eigenvalue weighted by atomic mass is 9.98. The first-order chi connectivity index (χ1) is 8.50. The summed E-state index contributed by atoms with van der Waals surface area (Å²) in [5.74, 6) is -0.686. The number of carbonyl (C=O) groups is 1. The number of aliphatic carboxylic acids is 1. The van der Waals surface area contributed by atoms with Crippen LogP contribution >= 0.6 is 11.3 Å². The molecular weight excluding hydrogens is 250 g/mol. The molecule has 2 unspecified atom stereocenters. The van der Waals surface area contributed by atoms with Crippen molar-refractivity contribution in [2.24, 2.45) is 5.92 Å². The third-order valence-corrected chi connectivity index (χ3v) is 4.49. The Morgan fingerprint density at radius 3 is 2.94 bits per heavy atom. The number of aliphatic hydroxyl groups is 1. The minimum atomic E-state index is -0.828. The van der Waals surface area contributed by atoms with E-state index in [1.165, 1.54) is 0 Å². The third kappa shape index (κ3) is 2.58. The van der Waals surface area contributed by atoms with Gasteiger partial charge in [-0.3, -0.25) is 9.69 Å². The van der Waals surface area contributed by atoms with Crippen LogP contribution in [0.5, 0.6) is 0 Å². The number of carboxylic acids is 1. The summed E-state index contributed by atoms with van der Waals surface area (Å²) in [5, 5.41) is 21.3. The number of hydrogen-bond donors (Lipinski definition) is 2. The molecule has 4 nitrogen and oxygen atoms in total. The van der Waals surface area contributed by atoms with Crippen molar-refractivity contribution in [3.63, 3.8) is 0 Å². The maximum absolute atomic E-state index is 11.5. The van der Waals surface area contributed by atoms with Gasteiger partial charge in [0.2, 0.25) is 0 Å². The highest BCUT2D eigenvalue weighted by atomic mass is 32.1. The first kappa shape index (κ1) is 13.5. The summed E-state index contributed by atoms with van der Waals surface area (Å²) >= 11 is 1.62. The molecule has 1 aromatic heterocycles. The Bertz CT molecular complexity index is 430. The van der Waals surface area contributed by atoms with Crippen molar-refractivity contribution in [2.75, 3.05) is 13.1 Å². The maximum Gasteiger partial charge on any atom is 0.325 e. The van der Waals surface area contributed by atoms with Crippen LogP contribution in [-0.4, -0.2) is 40.3 Å². The molecule has 2 N–H and O–H groups in total. The molecule has 5 heteroatoms. The van der Waals surface area contributed by atoms with Crippen molar-refractivity contribution in [3.05, 3.63) is 21.9 Å². The summed E-state index contributed by atoms with van der Waals surface area (Å²) in [7, 11) is 0. The highest BCUT2D eigenvalue weighted by Crippen LogP contribution is 2.33. The van der Waals surface area contributed by atoms with Crippen LogP contribution in [0.25, 0.3) is 0 Å². The van der Waals surface area contributed by atoms with Gasteiger partial charge in [-0.05, 0) is 29.3 Å². The molecule has 0 bridgehead atoms. The molecule has 18 heavy (non-hydrogen) atoms. The number of fused-ring (bicyclic) bond motifs is 1. The van der Waals surface area contributed by atoms with Crippen LogP contribution in [0.3, 0.4) is 0 Å². The number of thiophene rings is 1. The highest BCUT2D eigenvalue weighted by Gasteiger charge is 2.34. The van der Waals surface area contributed by atoms with Crippen molar-refractivity contribution < 1.29 is 15.0 Å². The molecule has 0 amide bonds. The average molecular weight is 269 g/mol. The first-order valence-corrected chi connectivity index (χ1v) is 7.10. The Balaban J connectivity index is 2.19. The van der Waals surface area contributed by atoms with Crippen LogP contribution in [0, 0.1) is 5.92 Å². The summed E-state index contributed by atoms with van der Waals surface area (Å²) in [6.07, 6.45) is 0.397. The second-order valence-corrected chi connectivity index (χ2v) is 6.10. The molecule has 2 rings (SSSR count). The summed E-state index contributed by atoms with van der Waals surface area (Å²) in [6, 6.07) is 1.29. The summed E-state index contributed by atoms with van der Waals surface area (Å²) < 4.78 is 0. The van der Waals surface area contributed by atoms with Crippen molar-refractivity contribution in [3.8, 4) is 0 Å². The normalized spacial score (nSPS) is 21.9. The van der Waals surface area contributed by atoms with Crippen LogP contribution in [0.2, 0.25) is 0 Å². The Morgan fingerprint density at radius 1 is 1.61 bits per heavy atom.